The lowest BCUT2D eigenvalue weighted by Crippen LogP contribution is -2.57. The van der Waals surface area contributed by atoms with Crippen molar-refractivity contribution >= 4 is 34.4 Å². The number of hydrogen-bond acceptors (Lipinski definition) is 5. The van der Waals surface area contributed by atoms with Crippen LogP contribution in [0.25, 0.3) is 4.91 Å². The first-order valence-corrected chi connectivity index (χ1v) is 15.6. The molecule has 2 atom stereocenters. The van der Waals surface area contributed by atoms with Crippen molar-refractivity contribution in [2.24, 2.45) is 11.3 Å². The molecule has 2 unspecified atom stereocenters. The first kappa shape index (κ1) is 36.4. The third-order valence-corrected chi connectivity index (χ3v) is 8.03. The summed E-state index contributed by atoms with van der Waals surface area (Å²) >= 11 is 1.75. The van der Waals surface area contributed by atoms with E-state index in [1.807, 2.05) is 20.8 Å². The molecule has 1 heterocycles. The van der Waals surface area contributed by atoms with Crippen LogP contribution in [0, 0.1) is 11.3 Å². The number of aliphatic hydroxyl groups excluding tert-OH is 1. The van der Waals surface area contributed by atoms with Gasteiger partial charge in [0.15, 0.2) is 0 Å². The van der Waals surface area contributed by atoms with Crippen LogP contribution in [0.2, 0.25) is 0 Å². The zero-order chi connectivity index (χ0) is 31.3. The highest BCUT2D eigenvalue weighted by molar-refractivity contribution is 8.10. The number of rotatable bonds is 11. The second kappa shape index (κ2) is 17.4. The van der Waals surface area contributed by atoms with E-state index in [1.165, 1.54) is 28.5 Å². The quantitative estimate of drug-likeness (QED) is 0.292. The molecule has 0 bridgehead atoms. The van der Waals surface area contributed by atoms with Gasteiger partial charge in [-0.1, -0.05) is 83.2 Å². The van der Waals surface area contributed by atoms with E-state index in [2.05, 4.69) is 74.9 Å². The monoisotopic (exact) mass is 587 g/mol. The molecule has 230 valence electrons. The van der Waals surface area contributed by atoms with Crippen LogP contribution in [0.4, 0.5) is 0 Å². The molecule has 3 N–H and O–H groups in total. The van der Waals surface area contributed by atoms with Gasteiger partial charge < -0.3 is 20.6 Å². The minimum atomic E-state index is -0.678. The second-order valence-corrected chi connectivity index (χ2v) is 13.1. The number of hydrogen-bond donors (Lipinski definition) is 3. The fourth-order valence-electron chi connectivity index (χ4n) is 4.88. The maximum atomic E-state index is 13.5. The summed E-state index contributed by atoms with van der Waals surface area (Å²) in [6, 6.07) is 5.34. The van der Waals surface area contributed by atoms with Gasteiger partial charge in [-0.15, -0.1) is 0 Å². The molecule has 3 amide bonds. The van der Waals surface area contributed by atoms with Gasteiger partial charge in [-0.3, -0.25) is 14.4 Å². The van der Waals surface area contributed by atoms with Gasteiger partial charge in [0.1, 0.15) is 12.1 Å². The Balaban J connectivity index is 0.00000411. The first-order valence-electron chi connectivity index (χ1n) is 14.7. The third kappa shape index (κ3) is 11.3. The summed E-state index contributed by atoms with van der Waals surface area (Å²) in [4.78, 5) is 41.5. The highest BCUT2D eigenvalue weighted by Gasteiger charge is 2.41. The van der Waals surface area contributed by atoms with Crippen LogP contribution in [-0.4, -0.2) is 53.5 Å². The number of benzene rings is 1. The molecule has 1 aliphatic heterocycles. The van der Waals surface area contributed by atoms with Crippen molar-refractivity contribution in [1.82, 2.24) is 15.5 Å². The number of likely N-dealkylation sites (tertiary alicyclic amines) is 1. The molecule has 1 fully saturated rings. The van der Waals surface area contributed by atoms with Crippen molar-refractivity contribution in [1.29, 1.82) is 0 Å². The van der Waals surface area contributed by atoms with Crippen LogP contribution in [0.15, 0.2) is 35.3 Å². The van der Waals surface area contributed by atoms with Gasteiger partial charge >= 0.3 is 0 Å². The topological polar surface area (TPSA) is 98.7 Å². The Morgan fingerprint density at radius 1 is 1.12 bits per heavy atom. The molecule has 0 spiro atoms. The second-order valence-electron chi connectivity index (χ2n) is 12.2. The van der Waals surface area contributed by atoms with Crippen molar-refractivity contribution < 1.29 is 19.5 Å². The van der Waals surface area contributed by atoms with E-state index < -0.39 is 17.5 Å². The zero-order valence-electron chi connectivity index (χ0n) is 26.9. The normalized spacial score (nSPS) is 15.8. The van der Waals surface area contributed by atoms with E-state index in [0.29, 0.717) is 25.4 Å². The number of amides is 3. The molecule has 41 heavy (non-hydrogen) atoms. The van der Waals surface area contributed by atoms with Gasteiger partial charge in [-0.05, 0) is 73.0 Å². The average molecular weight is 588 g/mol. The standard InChI is InChI=1S/C32H49N3O3S.CH4O/c1-10-11-17-39-28(22(4)5)24-14-15-25(26(19-24)18-21(2)3)20-33-30(37)27-13-12-16-35(27)31(38)29(32(7,8)9)34-23(6)36;1-2/h11,14-15,17,19,21,27,29H,10,12-13,16,18,20H2,1-9H3,(H,33,37)(H,34,36);2H,1H3/b17-11-;. The number of carbonyl (C=O) groups is 3. The summed E-state index contributed by atoms with van der Waals surface area (Å²) in [6.45, 7) is 19.0. The molecule has 8 heteroatoms. The predicted molar refractivity (Wildman–Crippen MR) is 172 cm³/mol. The van der Waals surface area contributed by atoms with Crippen LogP contribution >= 0.6 is 11.8 Å². The average Bonchev–Trinajstić information content (AvgIpc) is 3.39. The van der Waals surface area contributed by atoms with Gasteiger partial charge in [0.05, 0.1) is 0 Å². The molecule has 1 aromatic carbocycles. The van der Waals surface area contributed by atoms with Gasteiger partial charge in [0, 0.05) is 32.0 Å². The Bertz CT molecular complexity index is 1080. The Labute approximate surface area is 252 Å². The summed E-state index contributed by atoms with van der Waals surface area (Å²) in [5, 5.41) is 15.1. The molecular weight excluding hydrogens is 534 g/mol. The number of carbonyl (C=O) groups excluding carboxylic acids is 3. The SMILES string of the molecule is CC/C=C\SC(=C(C)C)c1ccc(CNC(=O)C2CCCN2C(=O)C(NC(C)=O)C(C)(C)C)c(CC(C)C)c1.CO. The minimum Gasteiger partial charge on any atom is -0.400 e. The third-order valence-electron chi connectivity index (χ3n) is 6.82. The number of allylic oxidation sites excluding steroid dienone is 2. The van der Waals surface area contributed by atoms with Crippen LogP contribution in [0.5, 0.6) is 0 Å². The van der Waals surface area contributed by atoms with Crippen molar-refractivity contribution in [3.05, 3.63) is 51.9 Å². The highest BCUT2D eigenvalue weighted by Crippen LogP contribution is 2.33. The Kier molecular flexibility index (Phi) is 15.5. The first-order chi connectivity index (χ1) is 19.3. The summed E-state index contributed by atoms with van der Waals surface area (Å²) in [7, 11) is 1.00. The predicted octanol–water partition coefficient (Wildman–Crippen LogP) is 6.06. The zero-order valence-corrected chi connectivity index (χ0v) is 27.7. The van der Waals surface area contributed by atoms with Gasteiger partial charge in [0.25, 0.3) is 0 Å². The lowest BCUT2D eigenvalue weighted by molar-refractivity contribution is -0.143. The van der Waals surface area contributed by atoms with Crippen LogP contribution < -0.4 is 10.6 Å². The Morgan fingerprint density at radius 3 is 2.32 bits per heavy atom. The smallest absolute Gasteiger partial charge is 0.246 e. The van der Waals surface area contributed by atoms with E-state index in [-0.39, 0.29) is 17.7 Å². The highest BCUT2D eigenvalue weighted by atomic mass is 32.2. The fraction of sp³-hybridized carbons (Fsp3) is 0.606. The largest absolute Gasteiger partial charge is 0.400 e. The summed E-state index contributed by atoms with van der Waals surface area (Å²) in [5.74, 6) is -0.102. The lowest BCUT2D eigenvalue weighted by atomic mass is 9.85. The van der Waals surface area contributed by atoms with E-state index in [4.69, 9.17) is 5.11 Å². The van der Waals surface area contributed by atoms with Crippen LogP contribution in [0.1, 0.15) is 98.3 Å². The molecule has 0 aliphatic carbocycles. The van der Waals surface area contributed by atoms with Crippen molar-refractivity contribution in [3.63, 3.8) is 0 Å². The van der Waals surface area contributed by atoms with E-state index in [1.54, 1.807) is 16.7 Å². The van der Waals surface area contributed by atoms with Gasteiger partial charge in [-0.2, -0.15) is 0 Å². The molecule has 0 aromatic heterocycles. The van der Waals surface area contributed by atoms with E-state index >= 15 is 0 Å². The van der Waals surface area contributed by atoms with Crippen molar-refractivity contribution in [3.8, 4) is 0 Å². The Morgan fingerprint density at radius 2 is 1.78 bits per heavy atom. The number of thioether (sulfide) groups is 1. The molecule has 1 saturated heterocycles. The number of nitrogens with zero attached hydrogens (tertiary/aromatic N) is 1. The Hall–Kier alpha value is -2.58. The molecule has 2 rings (SSSR count). The molecular formula is C33H53N3O4S. The molecule has 0 radical (unpaired) electrons. The van der Waals surface area contributed by atoms with E-state index in [9.17, 15) is 14.4 Å². The fourth-order valence-corrected chi connectivity index (χ4v) is 5.80. The minimum absolute atomic E-state index is 0.138. The number of nitrogens with one attached hydrogen (secondary N) is 2. The summed E-state index contributed by atoms with van der Waals surface area (Å²) in [5.41, 5.74) is 4.35. The van der Waals surface area contributed by atoms with Crippen molar-refractivity contribution in [2.75, 3.05) is 13.7 Å². The lowest BCUT2D eigenvalue weighted by Gasteiger charge is -2.35. The maximum absolute atomic E-state index is 13.5. The molecule has 0 saturated carbocycles. The van der Waals surface area contributed by atoms with Gasteiger partial charge in [0.2, 0.25) is 17.7 Å². The van der Waals surface area contributed by atoms with Crippen LogP contribution in [0.3, 0.4) is 0 Å². The van der Waals surface area contributed by atoms with Gasteiger partial charge in [-0.25, -0.2) is 0 Å². The molecule has 1 aromatic rings. The summed E-state index contributed by atoms with van der Waals surface area (Å²) < 4.78 is 0. The summed E-state index contributed by atoms with van der Waals surface area (Å²) in [6.07, 6.45) is 5.49. The van der Waals surface area contributed by atoms with E-state index in [0.717, 1.165) is 31.9 Å². The van der Waals surface area contributed by atoms with Crippen molar-refractivity contribution in [2.45, 2.75) is 107 Å². The number of aliphatic hydroxyl groups is 1. The maximum Gasteiger partial charge on any atom is 0.246 e. The molecule has 7 nitrogen and oxygen atoms in total. The molecule has 1 aliphatic rings. The van der Waals surface area contributed by atoms with Crippen LogP contribution in [-0.2, 0) is 27.3 Å².